The highest BCUT2D eigenvalue weighted by Crippen LogP contribution is 2.72. The van der Waals surface area contributed by atoms with Crippen LogP contribution in [0.3, 0.4) is 0 Å². The molecule has 2 aliphatic carbocycles. The van der Waals surface area contributed by atoms with Gasteiger partial charge < -0.3 is 14.9 Å². The molecule has 2 bridgehead atoms. The Hall–Kier alpha value is -1.87. The summed E-state index contributed by atoms with van der Waals surface area (Å²) in [5.74, 6) is -5.65. The number of halogens is 3. The summed E-state index contributed by atoms with van der Waals surface area (Å²) in [6.07, 6.45) is -4.52. The van der Waals surface area contributed by atoms with E-state index in [0.29, 0.717) is 6.07 Å². The van der Waals surface area contributed by atoms with E-state index < -0.39 is 61.9 Å². The van der Waals surface area contributed by atoms with Gasteiger partial charge in [0.2, 0.25) is 21.6 Å². The molecule has 4 fully saturated rings. The maximum absolute atomic E-state index is 13.2. The highest BCUT2D eigenvalue weighted by Gasteiger charge is 2.89. The van der Waals surface area contributed by atoms with E-state index in [1.54, 1.807) is 0 Å². The molecule has 2 saturated carbocycles. The van der Waals surface area contributed by atoms with E-state index in [4.69, 9.17) is 10.00 Å². The second-order valence-corrected chi connectivity index (χ2v) is 9.50. The van der Waals surface area contributed by atoms with Crippen LogP contribution in [0.2, 0.25) is 0 Å². The molecule has 2 saturated heterocycles. The molecule has 1 aromatic rings. The van der Waals surface area contributed by atoms with Crippen molar-refractivity contribution in [2.24, 2.45) is 17.8 Å². The Kier molecular flexibility index (Phi) is 2.92. The van der Waals surface area contributed by atoms with Crippen LogP contribution in [-0.4, -0.2) is 42.0 Å². The van der Waals surface area contributed by atoms with E-state index >= 15 is 0 Å². The number of nitrogens with zero attached hydrogens (tertiary/aromatic N) is 2. The fraction of sp³-hybridized carbons (Fsp3) is 0.562. The highest BCUT2D eigenvalue weighted by molar-refractivity contribution is 7.93. The van der Waals surface area contributed by atoms with Gasteiger partial charge in [0.25, 0.3) is 0 Å². The van der Waals surface area contributed by atoms with Crippen LogP contribution < -0.4 is 4.31 Å². The van der Waals surface area contributed by atoms with Crippen LogP contribution in [0.15, 0.2) is 18.2 Å². The molecular weight excluding hydrogens is 389 g/mol. The lowest BCUT2D eigenvalue weighted by Gasteiger charge is -2.25. The van der Waals surface area contributed by atoms with Crippen LogP contribution in [0.4, 0.5) is 18.9 Å². The number of benzene rings is 1. The highest BCUT2D eigenvalue weighted by atomic mass is 32.2. The van der Waals surface area contributed by atoms with Gasteiger partial charge in [-0.25, -0.2) is 8.42 Å². The third kappa shape index (κ3) is 1.84. The van der Waals surface area contributed by atoms with Crippen molar-refractivity contribution < 1.29 is 36.5 Å². The third-order valence-electron chi connectivity index (χ3n) is 6.38. The number of fused-ring (bicyclic) bond motifs is 8. The summed E-state index contributed by atoms with van der Waals surface area (Å²) < 4.78 is 71.6. The summed E-state index contributed by atoms with van der Waals surface area (Å²) >= 11 is 0. The summed E-state index contributed by atoms with van der Waals surface area (Å²) in [5.41, 5.74) is -1.99. The number of hydrogen-bond acceptors (Lipinski definition) is 6. The SMILES string of the molecule is N#Cc1ccc(N2C[C@@H]3[C@@H]([C@H]4C[C@@H]3[C@]3(O)O[C@]43O)S2(=O)=O)cc1C(F)(F)F. The van der Waals surface area contributed by atoms with Crippen LogP contribution in [0, 0.1) is 29.1 Å². The van der Waals surface area contributed by atoms with Crippen LogP contribution in [0.25, 0.3) is 0 Å². The van der Waals surface area contributed by atoms with Gasteiger partial charge in [-0.05, 0) is 24.6 Å². The molecule has 0 aromatic heterocycles. The van der Waals surface area contributed by atoms with Crippen molar-refractivity contribution in [3.8, 4) is 6.07 Å². The van der Waals surface area contributed by atoms with E-state index in [1.165, 1.54) is 6.07 Å². The first-order valence-electron chi connectivity index (χ1n) is 8.23. The Labute approximate surface area is 151 Å². The average molecular weight is 402 g/mol. The molecule has 0 unspecified atom stereocenters. The lowest BCUT2D eigenvalue weighted by molar-refractivity contribution is -0.137. The van der Waals surface area contributed by atoms with Crippen molar-refractivity contribution >= 4 is 15.7 Å². The zero-order chi connectivity index (χ0) is 19.6. The monoisotopic (exact) mass is 402 g/mol. The Balaban J connectivity index is 1.57. The number of sulfonamides is 1. The van der Waals surface area contributed by atoms with Gasteiger partial charge in [-0.2, -0.15) is 18.4 Å². The summed E-state index contributed by atoms with van der Waals surface area (Å²) in [7, 11) is -4.07. The predicted octanol–water partition coefficient (Wildman–Crippen LogP) is 0.769. The zero-order valence-corrected chi connectivity index (χ0v) is 14.3. The number of alkyl halides is 3. The molecule has 11 heteroatoms. The molecule has 2 heterocycles. The minimum absolute atomic E-state index is 0.112. The van der Waals surface area contributed by atoms with Gasteiger partial charge in [-0.1, -0.05) is 0 Å². The molecule has 2 aliphatic heterocycles. The van der Waals surface area contributed by atoms with E-state index in [-0.39, 0.29) is 18.7 Å². The van der Waals surface area contributed by atoms with Gasteiger partial charge in [0.1, 0.15) is 0 Å². The van der Waals surface area contributed by atoms with E-state index in [1.807, 2.05) is 0 Å². The van der Waals surface area contributed by atoms with Gasteiger partial charge >= 0.3 is 6.18 Å². The van der Waals surface area contributed by atoms with Crippen LogP contribution in [0.1, 0.15) is 17.5 Å². The molecule has 0 amide bonds. The standard InChI is InChI=1S/C16H13F3N2O5S/c17-16(18,19)10-3-8(2-1-7(10)5-20)21-6-9-11-4-12(13(9)27(21,24)25)15(23)14(11,22)26-15/h1-3,9,11-13,22-23H,4,6H2/t9-,11-,12+,13-,14-,15+/m0/s1. The Morgan fingerprint density at radius 2 is 1.93 bits per heavy atom. The van der Waals surface area contributed by atoms with Crippen LogP contribution in [0.5, 0.6) is 0 Å². The maximum atomic E-state index is 13.2. The predicted molar refractivity (Wildman–Crippen MR) is 82.3 cm³/mol. The van der Waals surface area contributed by atoms with Crippen LogP contribution in [-0.2, 0) is 20.9 Å². The fourth-order valence-corrected chi connectivity index (χ4v) is 7.72. The number of nitriles is 1. The Morgan fingerprint density at radius 3 is 2.56 bits per heavy atom. The van der Waals surface area contributed by atoms with Crippen LogP contribution >= 0.6 is 0 Å². The number of rotatable bonds is 1. The molecule has 0 radical (unpaired) electrons. The first-order valence-corrected chi connectivity index (χ1v) is 9.73. The van der Waals surface area contributed by atoms with Gasteiger partial charge in [0, 0.05) is 24.3 Å². The summed E-state index contributed by atoms with van der Waals surface area (Å²) in [5, 5.41) is 28.5. The Bertz CT molecular complexity index is 1020. The van der Waals surface area contributed by atoms with Gasteiger partial charge in [0.15, 0.2) is 0 Å². The van der Waals surface area contributed by atoms with Crippen molar-refractivity contribution in [1.29, 1.82) is 5.26 Å². The average Bonchev–Trinajstić information content (AvgIpc) is 2.85. The largest absolute Gasteiger partial charge is 0.417 e. The third-order valence-corrected chi connectivity index (χ3v) is 8.72. The second kappa shape index (κ2) is 4.57. The first kappa shape index (κ1) is 17.2. The number of aliphatic hydroxyl groups is 2. The quantitative estimate of drug-likeness (QED) is 0.671. The van der Waals surface area contributed by atoms with Gasteiger partial charge in [-0.15, -0.1) is 0 Å². The van der Waals surface area contributed by atoms with E-state index in [9.17, 15) is 31.8 Å². The lowest BCUT2D eigenvalue weighted by atomic mass is 9.84. The van der Waals surface area contributed by atoms with Crippen molar-refractivity contribution in [1.82, 2.24) is 0 Å². The molecule has 144 valence electrons. The lowest BCUT2D eigenvalue weighted by Crippen LogP contribution is -2.45. The summed E-state index contributed by atoms with van der Waals surface area (Å²) in [6.45, 7) is -0.112. The van der Waals surface area contributed by atoms with E-state index in [2.05, 4.69) is 0 Å². The Morgan fingerprint density at radius 1 is 1.26 bits per heavy atom. The molecule has 0 spiro atoms. The molecule has 27 heavy (non-hydrogen) atoms. The minimum atomic E-state index is -4.81. The molecular formula is C16H13F3N2O5S. The maximum Gasteiger partial charge on any atom is 0.417 e. The topological polar surface area (TPSA) is 114 Å². The molecule has 2 N–H and O–H groups in total. The van der Waals surface area contributed by atoms with Crippen molar-refractivity contribution in [3.05, 3.63) is 29.3 Å². The molecule has 5 rings (SSSR count). The van der Waals surface area contributed by atoms with Gasteiger partial charge in [0.05, 0.1) is 28.1 Å². The number of anilines is 1. The van der Waals surface area contributed by atoms with E-state index in [0.717, 1.165) is 16.4 Å². The summed E-state index contributed by atoms with van der Waals surface area (Å²) in [4.78, 5) is 0. The fourth-order valence-electron chi connectivity index (χ4n) is 5.21. The number of hydrogen-bond donors (Lipinski definition) is 2. The van der Waals surface area contributed by atoms with Gasteiger partial charge in [-0.3, -0.25) is 4.31 Å². The molecule has 4 aliphatic rings. The van der Waals surface area contributed by atoms with Crippen molar-refractivity contribution in [2.75, 3.05) is 10.8 Å². The number of ether oxygens (including phenoxy) is 1. The molecule has 6 atom stereocenters. The minimum Gasteiger partial charge on any atom is -0.361 e. The molecule has 7 nitrogen and oxygen atoms in total. The normalized spacial score (nSPS) is 43.3. The zero-order valence-electron chi connectivity index (χ0n) is 13.5. The second-order valence-electron chi connectivity index (χ2n) is 7.49. The van der Waals surface area contributed by atoms with Crippen molar-refractivity contribution in [2.45, 2.75) is 29.4 Å². The smallest absolute Gasteiger partial charge is 0.361 e. The summed E-state index contributed by atoms with van der Waals surface area (Å²) in [6, 6.07) is 4.21. The van der Waals surface area contributed by atoms with Crippen molar-refractivity contribution in [3.63, 3.8) is 0 Å². The number of epoxide rings is 1. The molecule has 1 aromatic carbocycles. The first-order chi connectivity index (χ1) is 12.4.